The SMILES string of the molecule is CCCCCCCCCCCCCCCCCCCCCC(=Nc1ccc(CCC)c(CCC)c1)C(CCCC)=Nc1ccc(CCC)c(CCC)c1. The van der Waals surface area contributed by atoms with Gasteiger partial charge in [0.25, 0.3) is 0 Å². The molecule has 300 valence electrons. The quantitative estimate of drug-likeness (QED) is 0.0507. The van der Waals surface area contributed by atoms with E-state index in [-0.39, 0.29) is 0 Å². The van der Waals surface area contributed by atoms with Gasteiger partial charge in [-0.3, -0.25) is 9.98 Å². The van der Waals surface area contributed by atoms with Crippen molar-refractivity contribution >= 4 is 22.8 Å². The molecule has 53 heavy (non-hydrogen) atoms. The highest BCUT2D eigenvalue weighted by molar-refractivity contribution is 6.43. The predicted octanol–water partition coefficient (Wildman–Crippen LogP) is 17.4. The van der Waals surface area contributed by atoms with E-state index in [2.05, 4.69) is 77.9 Å². The van der Waals surface area contributed by atoms with Gasteiger partial charge in [0.15, 0.2) is 0 Å². The van der Waals surface area contributed by atoms with Gasteiger partial charge in [-0.05, 0) is 97.9 Å². The summed E-state index contributed by atoms with van der Waals surface area (Å²) in [5.74, 6) is 0. The summed E-state index contributed by atoms with van der Waals surface area (Å²) >= 11 is 0. The zero-order valence-electron chi connectivity index (χ0n) is 36.3. The monoisotopic (exact) mass is 727 g/mol. The Balaban J connectivity index is 1.99. The van der Waals surface area contributed by atoms with Crippen LogP contribution in [0.2, 0.25) is 0 Å². The summed E-state index contributed by atoms with van der Waals surface area (Å²) in [4.78, 5) is 10.9. The van der Waals surface area contributed by atoms with Gasteiger partial charge in [-0.25, -0.2) is 0 Å². The van der Waals surface area contributed by atoms with E-state index in [1.165, 1.54) is 188 Å². The Morgan fingerprint density at radius 3 is 0.962 bits per heavy atom. The molecule has 2 aromatic rings. The first kappa shape index (κ1) is 46.9. The number of hydrogen-bond donors (Lipinski definition) is 0. The molecule has 2 aromatic carbocycles. The third-order valence-electron chi connectivity index (χ3n) is 11.1. The second-order valence-electron chi connectivity index (χ2n) is 16.2. The second kappa shape index (κ2) is 32.1. The van der Waals surface area contributed by atoms with Crippen molar-refractivity contribution in [2.45, 2.75) is 241 Å². The van der Waals surface area contributed by atoms with Crippen LogP contribution in [-0.2, 0) is 25.7 Å². The van der Waals surface area contributed by atoms with Gasteiger partial charge in [0.1, 0.15) is 0 Å². The van der Waals surface area contributed by atoms with Crippen LogP contribution in [-0.4, -0.2) is 11.4 Å². The largest absolute Gasteiger partial charge is 0.252 e. The third-order valence-corrected chi connectivity index (χ3v) is 11.1. The average Bonchev–Trinajstić information content (AvgIpc) is 3.16. The van der Waals surface area contributed by atoms with Gasteiger partial charge in [0.05, 0.1) is 22.8 Å². The average molecular weight is 727 g/mol. The van der Waals surface area contributed by atoms with E-state index in [0.717, 1.165) is 56.3 Å². The highest BCUT2D eigenvalue weighted by Crippen LogP contribution is 2.26. The molecule has 0 aliphatic carbocycles. The molecule has 0 spiro atoms. The molecule has 0 aliphatic rings. The Morgan fingerprint density at radius 1 is 0.321 bits per heavy atom. The number of aliphatic imine (C=N–C) groups is 2. The minimum Gasteiger partial charge on any atom is -0.252 e. The minimum atomic E-state index is 1.00. The molecule has 0 unspecified atom stereocenters. The van der Waals surface area contributed by atoms with Crippen LogP contribution in [0.25, 0.3) is 0 Å². The van der Waals surface area contributed by atoms with Crippen molar-refractivity contribution in [3.8, 4) is 0 Å². The Labute approximate surface area is 331 Å². The molecule has 0 aromatic heterocycles. The van der Waals surface area contributed by atoms with Crippen LogP contribution in [0.1, 0.15) is 237 Å². The van der Waals surface area contributed by atoms with Gasteiger partial charge < -0.3 is 0 Å². The molecule has 0 radical (unpaired) electrons. The van der Waals surface area contributed by atoms with Gasteiger partial charge in [0.2, 0.25) is 0 Å². The van der Waals surface area contributed by atoms with E-state index < -0.39 is 0 Å². The molecule has 0 saturated carbocycles. The van der Waals surface area contributed by atoms with Crippen LogP contribution in [0.4, 0.5) is 11.4 Å². The molecular formula is C51H86N2. The zero-order valence-corrected chi connectivity index (χ0v) is 36.3. The highest BCUT2D eigenvalue weighted by atomic mass is 14.8. The standard InChI is InChI=1S/C51H86N2/c1-7-13-15-16-17-18-19-20-21-22-23-24-25-26-27-28-29-30-31-37-51(53-49-41-39-45(33-10-4)47(43-49)35-12-6)50(36-14-8-2)52-48-40-38-44(32-9-3)46(42-48)34-11-5/h38-43H,7-37H2,1-6H3. The van der Waals surface area contributed by atoms with Crippen LogP contribution in [0.5, 0.6) is 0 Å². The Bertz CT molecular complexity index is 1240. The molecule has 0 atom stereocenters. The van der Waals surface area contributed by atoms with Crippen molar-refractivity contribution < 1.29 is 0 Å². The summed E-state index contributed by atoms with van der Waals surface area (Å²) in [5, 5.41) is 0. The number of aryl methyl sites for hydroxylation is 4. The fourth-order valence-electron chi connectivity index (χ4n) is 7.95. The summed E-state index contributed by atoms with van der Waals surface area (Å²) in [7, 11) is 0. The molecule has 0 aliphatic heterocycles. The van der Waals surface area contributed by atoms with Gasteiger partial charge in [0, 0.05) is 0 Å². The van der Waals surface area contributed by atoms with Gasteiger partial charge in [-0.2, -0.15) is 0 Å². The van der Waals surface area contributed by atoms with Crippen molar-refractivity contribution in [3.05, 3.63) is 58.7 Å². The smallest absolute Gasteiger partial charge is 0.0636 e. The Hall–Kier alpha value is -2.22. The lowest BCUT2D eigenvalue weighted by Gasteiger charge is -2.14. The summed E-state index contributed by atoms with van der Waals surface area (Å²) in [6.07, 6.45) is 40.5. The lowest BCUT2D eigenvalue weighted by atomic mass is 9.98. The van der Waals surface area contributed by atoms with Crippen molar-refractivity contribution in [2.24, 2.45) is 9.98 Å². The number of unbranched alkanes of at least 4 members (excludes halogenated alkanes) is 19. The number of benzene rings is 2. The fraction of sp³-hybridized carbons (Fsp3) is 0.725. The van der Waals surface area contributed by atoms with Crippen molar-refractivity contribution in [1.29, 1.82) is 0 Å². The van der Waals surface area contributed by atoms with Crippen LogP contribution in [0, 0.1) is 0 Å². The normalized spacial score (nSPS) is 12.3. The predicted molar refractivity (Wildman–Crippen MR) is 241 cm³/mol. The molecule has 2 nitrogen and oxygen atoms in total. The van der Waals surface area contributed by atoms with Gasteiger partial charge in [-0.1, -0.05) is 201 Å². The first-order valence-electron chi connectivity index (χ1n) is 23.5. The molecular weight excluding hydrogens is 641 g/mol. The van der Waals surface area contributed by atoms with Gasteiger partial charge in [-0.15, -0.1) is 0 Å². The molecule has 2 rings (SSSR count). The molecule has 0 saturated heterocycles. The molecule has 0 bridgehead atoms. The lowest BCUT2D eigenvalue weighted by Crippen LogP contribution is -2.14. The summed E-state index contributed by atoms with van der Waals surface area (Å²) in [6, 6.07) is 14.0. The first-order valence-corrected chi connectivity index (χ1v) is 23.5. The molecule has 2 heteroatoms. The maximum absolute atomic E-state index is 5.46. The zero-order chi connectivity index (χ0) is 38.2. The lowest BCUT2D eigenvalue weighted by molar-refractivity contribution is 0.524. The topological polar surface area (TPSA) is 24.7 Å². The number of nitrogens with zero attached hydrogens (tertiary/aromatic N) is 2. The van der Waals surface area contributed by atoms with Crippen LogP contribution >= 0.6 is 0 Å². The Kier molecular flexibility index (Phi) is 28.4. The maximum atomic E-state index is 5.46. The van der Waals surface area contributed by atoms with Gasteiger partial charge >= 0.3 is 0 Å². The molecule has 0 amide bonds. The molecule has 0 heterocycles. The first-order chi connectivity index (χ1) is 26.1. The van der Waals surface area contributed by atoms with Crippen LogP contribution < -0.4 is 0 Å². The molecule has 0 N–H and O–H groups in total. The number of rotatable bonds is 34. The number of hydrogen-bond acceptors (Lipinski definition) is 2. The second-order valence-corrected chi connectivity index (χ2v) is 16.2. The van der Waals surface area contributed by atoms with E-state index in [0.29, 0.717) is 0 Å². The minimum absolute atomic E-state index is 1.00. The van der Waals surface area contributed by atoms with E-state index >= 15 is 0 Å². The maximum Gasteiger partial charge on any atom is 0.0636 e. The summed E-state index contributed by atoms with van der Waals surface area (Å²) in [6.45, 7) is 13.8. The fourth-order valence-corrected chi connectivity index (χ4v) is 7.95. The highest BCUT2D eigenvalue weighted by Gasteiger charge is 2.13. The van der Waals surface area contributed by atoms with Crippen LogP contribution in [0.15, 0.2) is 46.4 Å². The van der Waals surface area contributed by atoms with Crippen molar-refractivity contribution in [3.63, 3.8) is 0 Å². The summed E-state index contributed by atoms with van der Waals surface area (Å²) < 4.78 is 0. The van der Waals surface area contributed by atoms with Crippen LogP contribution in [0.3, 0.4) is 0 Å². The van der Waals surface area contributed by atoms with E-state index in [1.807, 2.05) is 0 Å². The Morgan fingerprint density at radius 2 is 0.623 bits per heavy atom. The van der Waals surface area contributed by atoms with Crippen molar-refractivity contribution in [2.75, 3.05) is 0 Å². The van der Waals surface area contributed by atoms with E-state index in [1.54, 1.807) is 0 Å². The molecule has 0 fully saturated rings. The van der Waals surface area contributed by atoms with E-state index in [4.69, 9.17) is 9.98 Å². The van der Waals surface area contributed by atoms with Crippen molar-refractivity contribution in [1.82, 2.24) is 0 Å². The summed E-state index contributed by atoms with van der Waals surface area (Å²) in [5.41, 5.74) is 10.7. The third kappa shape index (κ3) is 21.5. The van der Waals surface area contributed by atoms with E-state index in [9.17, 15) is 0 Å².